The highest BCUT2D eigenvalue weighted by atomic mass is 19.4. The van der Waals surface area contributed by atoms with Crippen molar-refractivity contribution in [3.63, 3.8) is 0 Å². The first-order chi connectivity index (χ1) is 15.7. The third-order valence-corrected chi connectivity index (χ3v) is 5.64. The number of hydrogen-bond donors (Lipinski definition) is 1. The fraction of sp³-hybridized carbons (Fsp3) is 0.500. The van der Waals surface area contributed by atoms with Crippen molar-refractivity contribution >= 4 is 5.91 Å². The fourth-order valence-corrected chi connectivity index (χ4v) is 4.01. The van der Waals surface area contributed by atoms with E-state index in [4.69, 9.17) is 4.74 Å². The Labute approximate surface area is 192 Å². The number of alkyl halides is 3. The Morgan fingerprint density at radius 1 is 1.21 bits per heavy atom. The van der Waals surface area contributed by atoms with Gasteiger partial charge in [-0.05, 0) is 56.4 Å². The van der Waals surface area contributed by atoms with Crippen LogP contribution in [-0.2, 0) is 17.5 Å². The van der Waals surface area contributed by atoms with Crippen LogP contribution in [0, 0.1) is 11.8 Å². The predicted molar refractivity (Wildman–Crippen MR) is 120 cm³/mol. The highest BCUT2D eigenvalue weighted by Gasteiger charge is 2.33. The molecule has 0 saturated carbocycles. The highest BCUT2D eigenvalue weighted by Crippen LogP contribution is 2.32. The van der Waals surface area contributed by atoms with Gasteiger partial charge in [0.25, 0.3) is 0 Å². The number of hydrogen-bond acceptors (Lipinski definition) is 5. The molecule has 1 aliphatic heterocycles. The largest absolute Gasteiger partial charge is 0.493 e. The number of piperidine rings is 1. The average Bonchev–Trinajstić information content (AvgIpc) is 2.77. The molecule has 2 atom stereocenters. The Bertz CT molecular complexity index is 893. The zero-order chi connectivity index (χ0) is 23.8. The summed E-state index contributed by atoms with van der Waals surface area (Å²) in [5, 5.41) is 3.00. The molecule has 1 aromatic carbocycles. The molecule has 0 bridgehead atoms. The van der Waals surface area contributed by atoms with Gasteiger partial charge in [-0.25, -0.2) is 0 Å². The van der Waals surface area contributed by atoms with E-state index in [-0.39, 0.29) is 30.1 Å². The molecule has 3 rings (SSSR count). The quantitative estimate of drug-likeness (QED) is 0.617. The van der Waals surface area contributed by atoms with Gasteiger partial charge in [0.1, 0.15) is 5.75 Å². The number of ether oxygens (including phenoxy) is 1. The van der Waals surface area contributed by atoms with Crippen molar-refractivity contribution in [2.24, 2.45) is 11.8 Å². The van der Waals surface area contributed by atoms with Crippen LogP contribution in [0.1, 0.15) is 17.5 Å². The fourth-order valence-electron chi connectivity index (χ4n) is 4.01. The molecule has 1 fully saturated rings. The van der Waals surface area contributed by atoms with Gasteiger partial charge in [-0.1, -0.05) is 6.07 Å². The Kier molecular flexibility index (Phi) is 8.68. The topological polar surface area (TPSA) is 57.7 Å². The third kappa shape index (κ3) is 8.01. The summed E-state index contributed by atoms with van der Waals surface area (Å²) in [4.78, 5) is 21.1. The summed E-state index contributed by atoms with van der Waals surface area (Å²) in [7, 11) is 3.90. The van der Waals surface area contributed by atoms with Crippen molar-refractivity contribution in [3.05, 3.63) is 59.9 Å². The van der Waals surface area contributed by atoms with Crippen molar-refractivity contribution < 1.29 is 22.7 Å². The summed E-state index contributed by atoms with van der Waals surface area (Å²) < 4.78 is 44.7. The van der Waals surface area contributed by atoms with Crippen LogP contribution >= 0.6 is 0 Å². The number of likely N-dealkylation sites (N-methyl/N-ethyl adjacent to an activating group) is 1. The van der Waals surface area contributed by atoms with Crippen molar-refractivity contribution in [2.75, 3.05) is 46.9 Å². The second-order valence-corrected chi connectivity index (χ2v) is 8.78. The maximum atomic E-state index is 13.0. The van der Waals surface area contributed by atoms with E-state index in [0.29, 0.717) is 32.6 Å². The molecule has 1 aliphatic rings. The third-order valence-electron chi connectivity index (χ3n) is 5.64. The second kappa shape index (κ2) is 11.5. The van der Waals surface area contributed by atoms with E-state index in [2.05, 4.69) is 15.2 Å². The molecule has 2 heterocycles. The molecular weight excluding hydrogens is 433 g/mol. The Morgan fingerprint density at radius 3 is 2.67 bits per heavy atom. The van der Waals surface area contributed by atoms with E-state index in [1.54, 1.807) is 12.4 Å². The van der Waals surface area contributed by atoms with Gasteiger partial charge in [0.15, 0.2) is 0 Å². The molecule has 6 nitrogen and oxygen atoms in total. The van der Waals surface area contributed by atoms with Crippen LogP contribution in [0.2, 0.25) is 0 Å². The maximum Gasteiger partial charge on any atom is 0.416 e. The standard InChI is InChI=1S/C24H31F3N4O2/c1-30(2)11-10-29-23(32)20-12-19(15-31(16-20)14-18-6-8-28-9-7-18)17-33-22-5-3-4-21(13-22)24(25,26)27/h3-9,13,19-20H,10-12,14-17H2,1-2H3,(H,29,32)/t19-,20+/m0/s1. The van der Waals surface area contributed by atoms with Crippen LogP contribution in [0.25, 0.3) is 0 Å². The number of nitrogens with one attached hydrogen (secondary N) is 1. The average molecular weight is 465 g/mol. The minimum Gasteiger partial charge on any atom is -0.493 e. The number of nitrogens with zero attached hydrogens (tertiary/aromatic N) is 3. The maximum absolute atomic E-state index is 13.0. The summed E-state index contributed by atoms with van der Waals surface area (Å²) in [5.41, 5.74) is 0.359. The van der Waals surface area contributed by atoms with Gasteiger partial charge < -0.3 is 15.0 Å². The van der Waals surface area contributed by atoms with Crippen LogP contribution in [0.15, 0.2) is 48.8 Å². The van der Waals surface area contributed by atoms with Gasteiger partial charge in [-0.2, -0.15) is 13.2 Å². The van der Waals surface area contributed by atoms with Crippen molar-refractivity contribution in [1.82, 2.24) is 20.1 Å². The zero-order valence-electron chi connectivity index (χ0n) is 19.0. The van der Waals surface area contributed by atoms with Crippen LogP contribution in [0.4, 0.5) is 13.2 Å². The second-order valence-electron chi connectivity index (χ2n) is 8.78. The van der Waals surface area contributed by atoms with Crippen molar-refractivity contribution in [2.45, 2.75) is 19.1 Å². The molecule has 0 unspecified atom stereocenters. The molecule has 1 amide bonds. The minimum atomic E-state index is -4.42. The first kappa shape index (κ1) is 25.0. The number of carbonyl (C=O) groups excluding carboxylic acids is 1. The van der Waals surface area contributed by atoms with Crippen molar-refractivity contribution in [3.8, 4) is 5.75 Å². The molecule has 33 heavy (non-hydrogen) atoms. The van der Waals surface area contributed by atoms with Crippen LogP contribution in [0.5, 0.6) is 5.75 Å². The number of rotatable bonds is 9. The smallest absolute Gasteiger partial charge is 0.416 e. The van der Waals surface area contributed by atoms with E-state index < -0.39 is 11.7 Å². The van der Waals surface area contributed by atoms with Gasteiger partial charge in [0.05, 0.1) is 18.1 Å². The lowest BCUT2D eigenvalue weighted by Gasteiger charge is -2.37. The lowest BCUT2D eigenvalue weighted by atomic mass is 9.88. The molecule has 1 N–H and O–H groups in total. The SMILES string of the molecule is CN(C)CCNC(=O)[C@@H]1C[C@H](COc2cccc(C(F)(F)F)c2)CN(Cc2ccncc2)C1. The van der Waals surface area contributed by atoms with Crippen molar-refractivity contribution in [1.29, 1.82) is 0 Å². The van der Waals surface area contributed by atoms with E-state index >= 15 is 0 Å². The Morgan fingerprint density at radius 2 is 1.97 bits per heavy atom. The molecule has 0 spiro atoms. The number of aromatic nitrogens is 1. The van der Waals surface area contributed by atoms with E-state index in [1.807, 2.05) is 31.1 Å². The van der Waals surface area contributed by atoms with Gasteiger partial charge in [-0.3, -0.25) is 14.7 Å². The summed E-state index contributed by atoms with van der Waals surface area (Å²) >= 11 is 0. The highest BCUT2D eigenvalue weighted by molar-refractivity contribution is 5.79. The Balaban J connectivity index is 1.65. The number of amides is 1. The van der Waals surface area contributed by atoms with Gasteiger partial charge in [0, 0.05) is 51.0 Å². The minimum absolute atomic E-state index is 0.000321. The summed E-state index contributed by atoms with van der Waals surface area (Å²) in [6.45, 7) is 3.55. The summed E-state index contributed by atoms with van der Waals surface area (Å²) in [6.07, 6.45) is -0.321. The molecule has 1 aromatic heterocycles. The number of halogens is 3. The summed E-state index contributed by atoms with van der Waals surface area (Å²) in [5.74, 6) is -0.0130. The Hall–Kier alpha value is -2.65. The molecule has 1 saturated heterocycles. The normalized spacial score (nSPS) is 19.5. The molecule has 9 heteroatoms. The monoisotopic (exact) mass is 464 g/mol. The molecule has 0 radical (unpaired) electrons. The van der Waals surface area contributed by atoms with Crippen LogP contribution < -0.4 is 10.1 Å². The van der Waals surface area contributed by atoms with E-state index in [0.717, 1.165) is 24.2 Å². The first-order valence-corrected chi connectivity index (χ1v) is 11.0. The molecule has 180 valence electrons. The van der Waals surface area contributed by atoms with Crippen LogP contribution in [0.3, 0.4) is 0 Å². The summed E-state index contributed by atoms with van der Waals surface area (Å²) in [6, 6.07) is 8.79. The molecule has 2 aromatic rings. The molecular formula is C24H31F3N4O2. The number of benzene rings is 1. The van der Waals surface area contributed by atoms with Gasteiger partial charge in [-0.15, -0.1) is 0 Å². The number of carbonyl (C=O) groups is 1. The lowest BCUT2D eigenvalue weighted by molar-refractivity contribution is -0.137. The number of pyridine rings is 1. The van der Waals surface area contributed by atoms with Gasteiger partial charge >= 0.3 is 6.18 Å². The van der Waals surface area contributed by atoms with Crippen LogP contribution in [-0.4, -0.2) is 67.6 Å². The first-order valence-electron chi connectivity index (χ1n) is 11.0. The number of likely N-dealkylation sites (tertiary alicyclic amines) is 1. The van der Waals surface area contributed by atoms with E-state index in [9.17, 15) is 18.0 Å². The zero-order valence-corrected chi connectivity index (χ0v) is 19.0. The lowest BCUT2D eigenvalue weighted by Crippen LogP contribution is -2.48. The predicted octanol–water partition coefficient (Wildman–Crippen LogP) is 3.30. The van der Waals surface area contributed by atoms with E-state index in [1.165, 1.54) is 12.1 Å². The van der Waals surface area contributed by atoms with Gasteiger partial charge in [0.2, 0.25) is 5.91 Å². The molecule has 0 aliphatic carbocycles.